The SMILES string of the molecule is COc1ccc(NC(=O)CSc2nnc3n2CCC3)cc1. The third kappa shape index (κ3) is 3.18. The predicted molar refractivity (Wildman–Crippen MR) is 80.7 cm³/mol. The van der Waals surface area contributed by atoms with Gasteiger partial charge >= 0.3 is 0 Å². The summed E-state index contributed by atoms with van der Waals surface area (Å²) >= 11 is 1.42. The fourth-order valence-electron chi connectivity index (χ4n) is 2.23. The molecule has 1 aromatic heterocycles. The zero-order chi connectivity index (χ0) is 14.7. The Morgan fingerprint density at radius 3 is 2.95 bits per heavy atom. The number of nitrogens with zero attached hydrogens (tertiary/aromatic N) is 3. The minimum Gasteiger partial charge on any atom is -0.497 e. The van der Waals surface area contributed by atoms with Crippen molar-refractivity contribution in [2.45, 2.75) is 24.5 Å². The lowest BCUT2D eigenvalue weighted by Crippen LogP contribution is -2.14. The molecule has 1 N–H and O–H groups in total. The van der Waals surface area contributed by atoms with Crippen LogP contribution >= 0.6 is 11.8 Å². The van der Waals surface area contributed by atoms with Crippen molar-refractivity contribution in [3.8, 4) is 5.75 Å². The smallest absolute Gasteiger partial charge is 0.234 e. The number of hydrogen-bond donors (Lipinski definition) is 1. The van der Waals surface area contributed by atoms with Crippen molar-refractivity contribution in [2.75, 3.05) is 18.2 Å². The van der Waals surface area contributed by atoms with Gasteiger partial charge in [0.2, 0.25) is 5.91 Å². The second kappa shape index (κ2) is 6.17. The zero-order valence-electron chi connectivity index (χ0n) is 11.7. The number of thioether (sulfide) groups is 1. The van der Waals surface area contributed by atoms with E-state index < -0.39 is 0 Å². The van der Waals surface area contributed by atoms with E-state index in [0.29, 0.717) is 5.75 Å². The van der Waals surface area contributed by atoms with Crippen LogP contribution in [-0.4, -0.2) is 33.5 Å². The normalized spacial score (nSPS) is 13.0. The van der Waals surface area contributed by atoms with Crippen molar-refractivity contribution >= 4 is 23.4 Å². The maximum absolute atomic E-state index is 11.9. The molecule has 21 heavy (non-hydrogen) atoms. The molecule has 110 valence electrons. The standard InChI is InChI=1S/C14H16N4O2S/c1-20-11-6-4-10(5-7-11)15-13(19)9-21-14-17-16-12-3-2-8-18(12)14/h4-7H,2-3,8-9H2,1H3,(H,15,19). The molecule has 0 radical (unpaired) electrons. The van der Waals surface area contributed by atoms with Crippen LogP contribution in [0.2, 0.25) is 0 Å². The molecule has 7 heteroatoms. The van der Waals surface area contributed by atoms with Gasteiger partial charge in [-0.25, -0.2) is 0 Å². The Bertz CT molecular complexity index is 639. The second-order valence-corrected chi connectivity index (χ2v) is 5.66. The number of fused-ring (bicyclic) bond motifs is 1. The second-order valence-electron chi connectivity index (χ2n) is 4.72. The van der Waals surface area contributed by atoms with Crippen molar-refractivity contribution in [3.63, 3.8) is 0 Å². The van der Waals surface area contributed by atoms with Gasteiger partial charge in [0, 0.05) is 18.7 Å². The highest BCUT2D eigenvalue weighted by Crippen LogP contribution is 2.22. The summed E-state index contributed by atoms with van der Waals surface area (Å²) in [6.45, 7) is 0.949. The van der Waals surface area contributed by atoms with Crippen LogP contribution in [0.3, 0.4) is 0 Å². The molecular weight excluding hydrogens is 288 g/mol. The third-order valence-electron chi connectivity index (χ3n) is 3.28. The Hall–Kier alpha value is -2.02. The maximum Gasteiger partial charge on any atom is 0.234 e. The summed E-state index contributed by atoms with van der Waals surface area (Å²) < 4.78 is 7.17. The fraction of sp³-hybridized carbons (Fsp3) is 0.357. The van der Waals surface area contributed by atoms with Crippen molar-refractivity contribution in [3.05, 3.63) is 30.1 Å². The average Bonchev–Trinajstić information content (AvgIpc) is 3.09. The van der Waals surface area contributed by atoms with Gasteiger partial charge in [-0.1, -0.05) is 11.8 Å². The Kier molecular flexibility index (Phi) is 4.10. The number of methoxy groups -OCH3 is 1. The summed E-state index contributed by atoms with van der Waals surface area (Å²) in [5.74, 6) is 2.06. The highest BCUT2D eigenvalue weighted by Gasteiger charge is 2.18. The molecule has 0 spiro atoms. The van der Waals surface area contributed by atoms with Crippen LogP contribution in [0.15, 0.2) is 29.4 Å². The van der Waals surface area contributed by atoms with Gasteiger partial charge in [0.1, 0.15) is 11.6 Å². The Morgan fingerprint density at radius 2 is 2.19 bits per heavy atom. The van der Waals surface area contributed by atoms with Gasteiger partial charge < -0.3 is 14.6 Å². The lowest BCUT2D eigenvalue weighted by atomic mass is 10.3. The van der Waals surface area contributed by atoms with Crippen LogP contribution in [0.25, 0.3) is 0 Å². The number of aromatic nitrogens is 3. The molecule has 0 unspecified atom stereocenters. The van der Waals surface area contributed by atoms with Gasteiger partial charge in [-0.2, -0.15) is 0 Å². The number of carbonyl (C=O) groups excluding carboxylic acids is 1. The highest BCUT2D eigenvalue weighted by atomic mass is 32.2. The van der Waals surface area contributed by atoms with Crippen LogP contribution in [-0.2, 0) is 17.8 Å². The minimum atomic E-state index is -0.0551. The largest absolute Gasteiger partial charge is 0.497 e. The number of nitrogens with one attached hydrogen (secondary N) is 1. The van der Waals surface area contributed by atoms with E-state index in [1.54, 1.807) is 7.11 Å². The molecule has 6 nitrogen and oxygen atoms in total. The Balaban J connectivity index is 1.54. The van der Waals surface area contributed by atoms with Gasteiger partial charge in [-0.05, 0) is 30.7 Å². The summed E-state index contributed by atoms with van der Waals surface area (Å²) in [6, 6.07) is 7.26. The fourth-order valence-corrected chi connectivity index (χ4v) is 3.02. The maximum atomic E-state index is 11.9. The van der Waals surface area contributed by atoms with E-state index in [1.807, 2.05) is 24.3 Å². The third-order valence-corrected chi connectivity index (χ3v) is 4.25. The zero-order valence-corrected chi connectivity index (χ0v) is 12.5. The van der Waals surface area contributed by atoms with Crippen molar-refractivity contribution in [1.82, 2.24) is 14.8 Å². The molecule has 3 rings (SSSR count). The number of benzene rings is 1. The highest BCUT2D eigenvalue weighted by molar-refractivity contribution is 7.99. The first-order valence-corrected chi connectivity index (χ1v) is 7.73. The van der Waals surface area contributed by atoms with E-state index in [-0.39, 0.29) is 5.91 Å². The van der Waals surface area contributed by atoms with Crippen LogP contribution in [0.4, 0.5) is 5.69 Å². The van der Waals surface area contributed by atoms with Gasteiger partial charge in [0.15, 0.2) is 5.16 Å². The number of ether oxygens (including phenoxy) is 1. The molecule has 0 fully saturated rings. The molecular formula is C14H16N4O2S. The summed E-state index contributed by atoms with van der Waals surface area (Å²) in [5, 5.41) is 11.9. The number of rotatable bonds is 5. The van der Waals surface area contributed by atoms with Crippen molar-refractivity contribution < 1.29 is 9.53 Å². The molecule has 0 atom stereocenters. The van der Waals surface area contributed by atoms with Gasteiger partial charge in [-0.3, -0.25) is 4.79 Å². The number of anilines is 1. The van der Waals surface area contributed by atoms with Crippen LogP contribution in [0, 0.1) is 0 Å². The van der Waals surface area contributed by atoms with Gasteiger partial charge in [0.25, 0.3) is 0 Å². The Labute approximate surface area is 126 Å². The number of hydrogen-bond acceptors (Lipinski definition) is 5. The summed E-state index contributed by atoms with van der Waals surface area (Å²) in [4.78, 5) is 11.9. The first kappa shape index (κ1) is 13.9. The van der Waals surface area contributed by atoms with Gasteiger partial charge in [-0.15, -0.1) is 10.2 Å². The monoisotopic (exact) mass is 304 g/mol. The van der Waals surface area contributed by atoms with Gasteiger partial charge in [0.05, 0.1) is 12.9 Å². The molecule has 1 aliphatic rings. The molecule has 0 saturated carbocycles. The first-order chi connectivity index (χ1) is 10.3. The minimum absolute atomic E-state index is 0.0551. The molecule has 1 amide bonds. The van der Waals surface area contributed by atoms with E-state index >= 15 is 0 Å². The quantitative estimate of drug-likeness (QED) is 0.855. The molecule has 1 aliphatic heterocycles. The molecule has 1 aromatic carbocycles. The average molecular weight is 304 g/mol. The summed E-state index contributed by atoms with van der Waals surface area (Å²) in [6.07, 6.45) is 2.09. The molecule has 0 saturated heterocycles. The lowest BCUT2D eigenvalue weighted by molar-refractivity contribution is -0.113. The van der Waals surface area contributed by atoms with E-state index in [4.69, 9.17) is 4.74 Å². The summed E-state index contributed by atoms with van der Waals surface area (Å²) in [5.41, 5.74) is 0.757. The number of amides is 1. The topological polar surface area (TPSA) is 69.0 Å². The van der Waals surface area contributed by atoms with E-state index in [0.717, 1.165) is 41.8 Å². The van der Waals surface area contributed by atoms with E-state index in [2.05, 4.69) is 20.1 Å². The van der Waals surface area contributed by atoms with E-state index in [9.17, 15) is 4.79 Å². The van der Waals surface area contributed by atoms with Crippen LogP contribution < -0.4 is 10.1 Å². The van der Waals surface area contributed by atoms with Crippen molar-refractivity contribution in [1.29, 1.82) is 0 Å². The predicted octanol–water partition coefficient (Wildman–Crippen LogP) is 1.96. The van der Waals surface area contributed by atoms with Crippen molar-refractivity contribution in [2.24, 2.45) is 0 Å². The molecule has 0 aliphatic carbocycles. The first-order valence-electron chi connectivity index (χ1n) is 6.75. The molecule has 0 bridgehead atoms. The van der Waals surface area contributed by atoms with Crippen LogP contribution in [0.1, 0.15) is 12.2 Å². The lowest BCUT2D eigenvalue weighted by Gasteiger charge is -2.06. The number of aryl methyl sites for hydroxylation is 1. The number of carbonyl (C=O) groups is 1. The summed E-state index contributed by atoms with van der Waals surface area (Å²) in [7, 11) is 1.61. The Morgan fingerprint density at radius 1 is 1.38 bits per heavy atom. The molecule has 2 heterocycles. The van der Waals surface area contributed by atoms with E-state index in [1.165, 1.54) is 11.8 Å². The van der Waals surface area contributed by atoms with Crippen LogP contribution in [0.5, 0.6) is 5.75 Å². The molecule has 2 aromatic rings.